The van der Waals surface area contributed by atoms with Gasteiger partial charge in [0.15, 0.2) is 6.61 Å². The van der Waals surface area contributed by atoms with Gasteiger partial charge in [-0.2, -0.15) is 0 Å². The number of hydrazine groups is 1. The number of rotatable bonds is 8. The molecule has 3 aromatic rings. The van der Waals surface area contributed by atoms with E-state index in [0.29, 0.717) is 15.6 Å². The van der Waals surface area contributed by atoms with Gasteiger partial charge in [-0.25, -0.2) is 14.6 Å². The molecule has 3 amide bonds. The van der Waals surface area contributed by atoms with Crippen LogP contribution in [-0.4, -0.2) is 52.0 Å². The molecule has 0 fully saturated rings. The van der Waals surface area contributed by atoms with E-state index in [9.17, 15) is 24.0 Å². The topological polar surface area (TPSA) is 120 Å². The summed E-state index contributed by atoms with van der Waals surface area (Å²) in [6.45, 7) is 6.05. The maximum Gasteiger partial charge on any atom is 0.442 e. The molecular weight excluding hydrogens is 564 g/mol. The standard InChI is InChI=1S/C31H31ClN2O8/c1-5-26(35)41-20-27(36)40-19-21-11-17-25(18-12-21)42-30(39)33(28(37)23-13-15-24(32)16-14-23)34(31(2,3)4)29(38)22-9-7-6-8-10-22/h6-18H,5,19-20H2,1-4H3. The average molecular weight is 595 g/mol. The van der Waals surface area contributed by atoms with Crippen molar-refractivity contribution in [2.45, 2.75) is 46.3 Å². The number of hydrogen-bond donors (Lipinski definition) is 0. The molecule has 0 heterocycles. The van der Waals surface area contributed by atoms with Gasteiger partial charge in [0, 0.05) is 22.6 Å². The van der Waals surface area contributed by atoms with Crippen molar-refractivity contribution < 1.29 is 38.2 Å². The highest BCUT2D eigenvalue weighted by Gasteiger charge is 2.41. The average Bonchev–Trinajstić information content (AvgIpc) is 2.97. The Bertz CT molecular complexity index is 1420. The normalized spacial score (nSPS) is 10.8. The summed E-state index contributed by atoms with van der Waals surface area (Å²) in [5.41, 5.74) is -0.104. The Hall–Kier alpha value is -4.70. The minimum absolute atomic E-state index is 0.0712. The van der Waals surface area contributed by atoms with Crippen LogP contribution < -0.4 is 4.74 Å². The Morgan fingerprint density at radius 1 is 0.738 bits per heavy atom. The molecule has 0 aromatic heterocycles. The lowest BCUT2D eigenvalue weighted by molar-refractivity contribution is -0.159. The molecule has 0 radical (unpaired) electrons. The number of esters is 2. The Morgan fingerprint density at radius 3 is 1.90 bits per heavy atom. The van der Waals surface area contributed by atoms with Crippen LogP contribution in [0.3, 0.4) is 0 Å². The van der Waals surface area contributed by atoms with Crippen LogP contribution in [0.15, 0.2) is 78.9 Å². The highest BCUT2D eigenvalue weighted by atomic mass is 35.5. The molecule has 0 aliphatic carbocycles. The van der Waals surface area contributed by atoms with Crippen molar-refractivity contribution in [1.29, 1.82) is 0 Å². The van der Waals surface area contributed by atoms with E-state index in [4.69, 9.17) is 25.8 Å². The lowest BCUT2D eigenvalue weighted by atomic mass is 10.1. The van der Waals surface area contributed by atoms with E-state index >= 15 is 0 Å². The summed E-state index contributed by atoms with van der Waals surface area (Å²) < 4.78 is 15.4. The first-order valence-electron chi connectivity index (χ1n) is 13.0. The van der Waals surface area contributed by atoms with Crippen LogP contribution in [0.4, 0.5) is 4.79 Å². The minimum atomic E-state index is -1.12. The lowest BCUT2D eigenvalue weighted by Crippen LogP contribution is -2.60. The fourth-order valence-corrected chi connectivity index (χ4v) is 3.74. The molecule has 0 aliphatic heterocycles. The summed E-state index contributed by atoms with van der Waals surface area (Å²) in [5.74, 6) is -2.56. The molecule has 0 saturated carbocycles. The number of imide groups is 1. The number of hydrogen-bond acceptors (Lipinski definition) is 8. The molecule has 0 unspecified atom stereocenters. The second-order valence-corrected chi connectivity index (χ2v) is 10.4. The Kier molecular flexibility index (Phi) is 10.8. The predicted molar refractivity (Wildman–Crippen MR) is 153 cm³/mol. The number of ether oxygens (including phenoxy) is 3. The van der Waals surface area contributed by atoms with E-state index in [2.05, 4.69) is 0 Å². The van der Waals surface area contributed by atoms with Gasteiger partial charge in [0.25, 0.3) is 11.8 Å². The predicted octanol–water partition coefficient (Wildman–Crippen LogP) is 5.83. The zero-order valence-electron chi connectivity index (χ0n) is 23.7. The Balaban J connectivity index is 1.85. The summed E-state index contributed by atoms with van der Waals surface area (Å²) in [4.78, 5) is 64.0. The van der Waals surface area contributed by atoms with Crippen molar-refractivity contribution in [3.63, 3.8) is 0 Å². The summed E-state index contributed by atoms with van der Waals surface area (Å²) in [5, 5.41) is 2.12. The zero-order chi connectivity index (χ0) is 30.9. The van der Waals surface area contributed by atoms with Crippen molar-refractivity contribution in [2.24, 2.45) is 0 Å². The fraction of sp³-hybridized carbons (Fsp3) is 0.258. The van der Waals surface area contributed by atoms with E-state index in [1.807, 2.05) is 0 Å². The number of carbonyl (C=O) groups is 5. The highest BCUT2D eigenvalue weighted by molar-refractivity contribution is 6.30. The smallest absolute Gasteiger partial charge is 0.442 e. The van der Waals surface area contributed by atoms with E-state index in [-0.39, 0.29) is 29.9 Å². The van der Waals surface area contributed by atoms with Gasteiger partial charge in [0.2, 0.25) is 0 Å². The molecule has 0 atom stereocenters. The monoisotopic (exact) mass is 594 g/mol. The molecule has 3 aromatic carbocycles. The summed E-state index contributed by atoms with van der Waals surface area (Å²) >= 11 is 5.99. The molecule has 220 valence electrons. The number of carbonyl (C=O) groups excluding carboxylic acids is 5. The number of halogens is 1. The van der Waals surface area contributed by atoms with Gasteiger partial charge in [0.05, 0.1) is 5.54 Å². The Labute approximate surface area is 248 Å². The van der Waals surface area contributed by atoms with Crippen LogP contribution in [0.2, 0.25) is 5.02 Å². The molecule has 0 bridgehead atoms. The van der Waals surface area contributed by atoms with Crippen LogP contribution in [0, 0.1) is 0 Å². The molecule has 3 rings (SSSR count). The third kappa shape index (κ3) is 8.65. The largest absolute Gasteiger partial charge is 0.458 e. The summed E-state index contributed by atoms with van der Waals surface area (Å²) in [6.07, 6.45) is -0.976. The van der Waals surface area contributed by atoms with Crippen LogP contribution >= 0.6 is 11.6 Å². The molecule has 0 saturated heterocycles. The van der Waals surface area contributed by atoms with Gasteiger partial charge in [0.1, 0.15) is 12.4 Å². The fourth-order valence-electron chi connectivity index (χ4n) is 3.61. The summed E-state index contributed by atoms with van der Waals surface area (Å²) in [6, 6.07) is 20.1. The van der Waals surface area contributed by atoms with Crippen molar-refractivity contribution in [3.8, 4) is 5.75 Å². The van der Waals surface area contributed by atoms with E-state index in [0.717, 1.165) is 5.01 Å². The number of nitrogens with zero attached hydrogens (tertiary/aromatic N) is 2. The number of benzene rings is 3. The highest BCUT2D eigenvalue weighted by Crippen LogP contribution is 2.25. The minimum Gasteiger partial charge on any atom is -0.458 e. The van der Waals surface area contributed by atoms with Crippen LogP contribution in [-0.2, 0) is 25.7 Å². The second kappa shape index (κ2) is 14.3. The van der Waals surface area contributed by atoms with Gasteiger partial charge in [-0.05, 0) is 74.9 Å². The van der Waals surface area contributed by atoms with Gasteiger partial charge in [-0.3, -0.25) is 14.4 Å². The second-order valence-electron chi connectivity index (χ2n) is 9.96. The van der Waals surface area contributed by atoms with Crippen LogP contribution in [0.1, 0.15) is 60.4 Å². The molecule has 0 aliphatic rings. The van der Waals surface area contributed by atoms with Gasteiger partial charge in [-0.15, -0.1) is 5.01 Å². The molecular formula is C31H31ClN2O8. The van der Waals surface area contributed by atoms with Crippen LogP contribution in [0.5, 0.6) is 5.75 Å². The van der Waals surface area contributed by atoms with Crippen LogP contribution in [0.25, 0.3) is 0 Å². The first-order valence-corrected chi connectivity index (χ1v) is 13.4. The van der Waals surface area contributed by atoms with Crippen molar-refractivity contribution in [3.05, 3.63) is 101 Å². The van der Waals surface area contributed by atoms with E-state index < -0.39 is 42.0 Å². The molecule has 0 N–H and O–H groups in total. The first-order chi connectivity index (χ1) is 19.9. The lowest BCUT2D eigenvalue weighted by Gasteiger charge is -2.41. The SMILES string of the molecule is CCC(=O)OCC(=O)OCc1ccc(OC(=O)N(C(=O)c2ccc(Cl)cc2)N(C(=O)c2ccccc2)C(C)(C)C)cc1. The van der Waals surface area contributed by atoms with Crippen molar-refractivity contribution in [2.75, 3.05) is 6.61 Å². The van der Waals surface area contributed by atoms with E-state index in [1.165, 1.54) is 36.4 Å². The van der Waals surface area contributed by atoms with Gasteiger partial charge < -0.3 is 14.2 Å². The maximum absolute atomic E-state index is 13.7. The quantitative estimate of drug-likeness (QED) is 0.236. The van der Waals surface area contributed by atoms with Gasteiger partial charge in [-0.1, -0.05) is 48.9 Å². The molecule has 42 heavy (non-hydrogen) atoms. The van der Waals surface area contributed by atoms with Crippen molar-refractivity contribution in [1.82, 2.24) is 10.0 Å². The number of amides is 3. The van der Waals surface area contributed by atoms with Crippen molar-refractivity contribution >= 4 is 41.4 Å². The maximum atomic E-state index is 13.7. The molecule has 10 nitrogen and oxygen atoms in total. The zero-order valence-corrected chi connectivity index (χ0v) is 24.4. The van der Waals surface area contributed by atoms with Gasteiger partial charge >= 0.3 is 18.0 Å². The Morgan fingerprint density at radius 2 is 1.33 bits per heavy atom. The third-order valence-electron chi connectivity index (χ3n) is 5.67. The molecule has 0 spiro atoms. The summed E-state index contributed by atoms with van der Waals surface area (Å²) in [7, 11) is 0. The first kappa shape index (κ1) is 31.8. The van der Waals surface area contributed by atoms with E-state index in [1.54, 1.807) is 70.2 Å². The molecule has 11 heteroatoms. The third-order valence-corrected chi connectivity index (χ3v) is 5.92.